The van der Waals surface area contributed by atoms with Gasteiger partial charge in [0.25, 0.3) is 0 Å². The lowest BCUT2D eigenvalue weighted by Crippen LogP contribution is -2.46. The molecule has 0 bridgehead atoms. The van der Waals surface area contributed by atoms with Crippen LogP contribution in [0.3, 0.4) is 0 Å². The summed E-state index contributed by atoms with van der Waals surface area (Å²) in [5.74, 6) is -0.0114. The predicted molar refractivity (Wildman–Crippen MR) is 60.6 cm³/mol. The molecule has 0 atom stereocenters. The summed E-state index contributed by atoms with van der Waals surface area (Å²) in [5, 5.41) is 9.27. The fourth-order valence-corrected chi connectivity index (χ4v) is 2.07. The molecule has 0 aliphatic carbocycles. The maximum atomic E-state index is 12.3. The van der Waals surface area contributed by atoms with Gasteiger partial charge in [0.2, 0.25) is 5.91 Å². The van der Waals surface area contributed by atoms with Crippen LogP contribution in [0.4, 0.5) is 0 Å². The lowest BCUT2D eigenvalue weighted by Gasteiger charge is -2.34. The highest BCUT2D eigenvalue weighted by Crippen LogP contribution is 2.31. The maximum absolute atomic E-state index is 12.3. The second-order valence-corrected chi connectivity index (χ2v) is 4.19. The van der Waals surface area contributed by atoms with Gasteiger partial charge in [-0.3, -0.25) is 4.79 Å². The molecule has 0 saturated carbocycles. The SMILES string of the molecule is CCCN(CC)C(=O)C1(C#N)CCOCC1. The van der Waals surface area contributed by atoms with Crippen LogP contribution in [-0.4, -0.2) is 37.1 Å². The molecule has 1 heterocycles. The molecule has 0 N–H and O–H groups in total. The molecule has 1 aliphatic heterocycles. The van der Waals surface area contributed by atoms with Crippen LogP contribution in [0.2, 0.25) is 0 Å². The molecule has 0 radical (unpaired) electrons. The molecule has 1 aliphatic rings. The Bertz CT molecular complexity index is 277. The van der Waals surface area contributed by atoms with Crippen molar-refractivity contribution in [1.29, 1.82) is 5.26 Å². The zero-order chi connectivity index (χ0) is 12.0. The molecular formula is C12H20N2O2. The van der Waals surface area contributed by atoms with E-state index in [1.54, 1.807) is 4.90 Å². The van der Waals surface area contributed by atoms with Crippen LogP contribution in [0.15, 0.2) is 0 Å². The normalized spacial score (nSPS) is 18.8. The number of carbonyl (C=O) groups excluding carboxylic acids is 1. The predicted octanol–water partition coefficient (Wildman–Crippen LogP) is 1.57. The van der Waals surface area contributed by atoms with Gasteiger partial charge in [-0.2, -0.15) is 5.26 Å². The van der Waals surface area contributed by atoms with Gasteiger partial charge in [-0.05, 0) is 26.2 Å². The van der Waals surface area contributed by atoms with Crippen LogP contribution in [-0.2, 0) is 9.53 Å². The van der Waals surface area contributed by atoms with Gasteiger partial charge >= 0.3 is 0 Å². The monoisotopic (exact) mass is 224 g/mol. The van der Waals surface area contributed by atoms with Crippen molar-refractivity contribution in [3.63, 3.8) is 0 Å². The summed E-state index contributed by atoms with van der Waals surface area (Å²) in [5.41, 5.74) is -0.830. The molecule has 0 aromatic heterocycles. The molecule has 4 heteroatoms. The van der Waals surface area contributed by atoms with E-state index in [9.17, 15) is 10.1 Å². The Hall–Kier alpha value is -1.08. The van der Waals surface area contributed by atoms with Gasteiger partial charge in [0.1, 0.15) is 5.41 Å². The van der Waals surface area contributed by atoms with Gasteiger partial charge in [-0.25, -0.2) is 0 Å². The molecule has 4 nitrogen and oxygen atoms in total. The average Bonchev–Trinajstić information content (AvgIpc) is 2.36. The van der Waals surface area contributed by atoms with Crippen molar-refractivity contribution in [3.8, 4) is 6.07 Å². The van der Waals surface area contributed by atoms with Crippen LogP contribution >= 0.6 is 0 Å². The minimum Gasteiger partial charge on any atom is -0.381 e. The summed E-state index contributed by atoms with van der Waals surface area (Å²) < 4.78 is 5.23. The van der Waals surface area contributed by atoms with Gasteiger partial charge in [-0.1, -0.05) is 6.92 Å². The highest BCUT2D eigenvalue weighted by molar-refractivity contribution is 5.85. The van der Waals surface area contributed by atoms with Crippen molar-refractivity contribution in [3.05, 3.63) is 0 Å². The largest absolute Gasteiger partial charge is 0.381 e. The third-order valence-electron chi connectivity index (χ3n) is 3.13. The van der Waals surface area contributed by atoms with Crippen molar-refractivity contribution in [2.45, 2.75) is 33.1 Å². The third-order valence-corrected chi connectivity index (χ3v) is 3.13. The van der Waals surface area contributed by atoms with Gasteiger partial charge < -0.3 is 9.64 Å². The highest BCUT2D eigenvalue weighted by Gasteiger charge is 2.42. The topological polar surface area (TPSA) is 53.3 Å². The van der Waals surface area contributed by atoms with Crippen molar-refractivity contribution in [2.24, 2.45) is 5.41 Å². The van der Waals surface area contributed by atoms with Crippen LogP contribution in [0.1, 0.15) is 33.1 Å². The molecule has 1 saturated heterocycles. The van der Waals surface area contributed by atoms with Crippen LogP contribution in [0, 0.1) is 16.7 Å². The molecule has 0 aromatic carbocycles. The number of ether oxygens (including phenoxy) is 1. The molecule has 0 unspecified atom stereocenters. The van der Waals surface area contributed by atoms with E-state index in [1.165, 1.54) is 0 Å². The van der Waals surface area contributed by atoms with E-state index in [2.05, 4.69) is 6.07 Å². The summed E-state index contributed by atoms with van der Waals surface area (Å²) in [7, 11) is 0. The zero-order valence-corrected chi connectivity index (χ0v) is 10.2. The molecule has 0 spiro atoms. The molecular weight excluding hydrogens is 204 g/mol. The summed E-state index contributed by atoms with van der Waals surface area (Å²) in [6.45, 7) is 6.44. The van der Waals surface area contributed by atoms with Gasteiger partial charge in [0, 0.05) is 26.3 Å². The molecule has 1 amide bonds. The number of rotatable bonds is 4. The number of carbonyl (C=O) groups is 1. The average molecular weight is 224 g/mol. The van der Waals surface area contributed by atoms with Gasteiger partial charge in [-0.15, -0.1) is 0 Å². The highest BCUT2D eigenvalue weighted by atomic mass is 16.5. The van der Waals surface area contributed by atoms with Crippen molar-refractivity contribution in [2.75, 3.05) is 26.3 Å². The van der Waals surface area contributed by atoms with Crippen LogP contribution < -0.4 is 0 Å². The molecule has 1 fully saturated rings. The van der Waals surface area contributed by atoms with E-state index in [0.29, 0.717) is 32.6 Å². The van der Waals surface area contributed by atoms with Crippen molar-refractivity contribution >= 4 is 5.91 Å². The second kappa shape index (κ2) is 5.86. The third kappa shape index (κ3) is 2.53. The maximum Gasteiger partial charge on any atom is 0.243 e. The Labute approximate surface area is 97.2 Å². The van der Waals surface area contributed by atoms with Gasteiger partial charge in [0.05, 0.1) is 6.07 Å². The van der Waals surface area contributed by atoms with E-state index in [0.717, 1.165) is 13.0 Å². The van der Waals surface area contributed by atoms with Gasteiger partial charge in [0.15, 0.2) is 0 Å². The first kappa shape index (κ1) is 13.0. The minimum atomic E-state index is -0.830. The fourth-order valence-electron chi connectivity index (χ4n) is 2.07. The minimum absolute atomic E-state index is 0.0114. The summed E-state index contributed by atoms with van der Waals surface area (Å²) in [6, 6.07) is 2.22. The first-order valence-electron chi connectivity index (χ1n) is 5.98. The summed E-state index contributed by atoms with van der Waals surface area (Å²) >= 11 is 0. The van der Waals surface area contributed by atoms with Crippen LogP contribution in [0.25, 0.3) is 0 Å². The lowest BCUT2D eigenvalue weighted by molar-refractivity contribution is -0.143. The second-order valence-electron chi connectivity index (χ2n) is 4.19. The van der Waals surface area contributed by atoms with Crippen molar-refractivity contribution in [1.82, 2.24) is 4.90 Å². The standard InChI is InChI=1S/C12H20N2O2/c1-3-7-14(4-2)11(15)12(10-13)5-8-16-9-6-12/h3-9H2,1-2H3. The Morgan fingerprint density at radius 2 is 2.06 bits per heavy atom. The number of nitriles is 1. The van der Waals surface area contributed by atoms with E-state index in [4.69, 9.17) is 4.74 Å². The van der Waals surface area contributed by atoms with E-state index < -0.39 is 5.41 Å². The number of hydrogen-bond donors (Lipinski definition) is 0. The number of amides is 1. The fraction of sp³-hybridized carbons (Fsp3) is 0.833. The first-order valence-corrected chi connectivity index (χ1v) is 5.98. The van der Waals surface area contributed by atoms with E-state index in [-0.39, 0.29) is 5.91 Å². The number of nitrogens with zero attached hydrogens (tertiary/aromatic N) is 2. The molecule has 0 aromatic rings. The first-order chi connectivity index (χ1) is 7.70. The van der Waals surface area contributed by atoms with E-state index >= 15 is 0 Å². The Morgan fingerprint density at radius 1 is 1.44 bits per heavy atom. The Morgan fingerprint density at radius 3 is 2.50 bits per heavy atom. The van der Waals surface area contributed by atoms with E-state index in [1.807, 2.05) is 13.8 Å². The van der Waals surface area contributed by atoms with Crippen molar-refractivity contribution < 1.29 is 9.53 Å². The smallest absolute Gasteiger partial charge is 0.243 e. The molecule has 16 heavy (non-hydrogen) atoms. The Balaban J connectivity index is 2.78. The quantitative estimate of drug-likeness (QED) is 0.728. The number of hydrogen-bond acceptors (Lipinski definition) is 3. The lowest BCUT2D eigenvalue weighted by atomic mass is 9.80. The van der Waals surface area contributed by atoms with Crippen LogP contribution in [0.5, 0.6) is 0 Å². The Kier molecular flexibility index (Phi) is 4.75. The molecule has 1 rings (SSSR count). The summed E-state index contributed by atoms with van der Waals surface area (Å²) in [6.07, 6.45) is 1.99. The summed E-state index contributed by atoms with van der Waals surface area (Å²) in [4.78, 5) is 14.1. The molecule has 90 valence electrons. The zero-order valence-electron chi connectivity index (χ0n) is 10.2.